The van der Waals surface area contributed by atoms with Crippen molar-refractivity contribution in [3.8, 4) is 0 Å². The number of hydrogen-bond acceptors (Lipinski definition) is 1. The molecule has 0 spiro atoms. The summed E-state index contributed by atoms with van der Waals surface area (Å²) in [7, 11) is 0. The Bertz CT molecular complexity index is 431. The Hall–Kier alpha value is 0.235. The van der Waals surface area contributed by atoms with E-state index in [2.05, 4.69) is 4.98 Å². The van der Waals surface area contributed by atoms with Crippen molar-refractivity contribution in [2.75, 3.05) is 0 Å². The molecule has 0 saturated heterocycles. The van der Waals surface area contributed by atoms with E-state index in [1.165, 1.54) is 6.20 Å². The molecule has 0 bridgehead atoms. The van der Waals surface area contributed by atoms with Crippen LogP contribution in [0, 0.1) is 0 Å². The monoisotopic (exact) mass is 259 g/mol. The topological polar surface area (TPSA) is 31.2 Å². The van der Waals surface area contributed by atoms with E-state index in [1.54, 1.807) is 6.07 Å². The van der Waals surface area contributed by atoms with Crippen LogP contribution in [0.1, 0.15) is 13.8 Å². The smallest absolute Gasteiger partial charge is 0.629 e. The first-order chi connectivity index (χ1) is 6.38. The largest absolute Gasteiger partial charge is 1.00 e. The van der Waals surface area contributed by atoms with Gasteiger partial charge in [0.05, 0.1) is 5.56 Å². The molecule has 0 amide bonds. The zero-order chi connectivity index (χ0) is 9.68. The van der Waals surface area contributed by atoms with Gasteiger partial charge in [0.1, 0.15) is 0 Å². The van der Waals surface area contributed by atoms with Crippen molar-refractivity contribution in [1.82, 2.24) is 4.98 Å². The Kier molecular flexibility index (Phi) is 7.64. The molecule has 2 rings (SSSR count). The fraction of sp³-hybridized carbons (Fsp3) is 0.182. The molecule has 0 aliphatic heterocycles. The van der Waals surface area contributed by atoms with Crippen LogP contribution in [0.5, 0.6) is 0 Å². The average Bonchev–Trinajstić information content (AvgIpc) is 2.22. The molecule has 0 atom stereocenters. The fourth-order valence-corrected chi connectivity index (χ4v) is 1.09. The van der Waals surface area contributed by atoms with Crippen molar-refractivity contribution in [2.24, 2.45) is 0 Å². The maximum atomic E-state index is 11.1. The number of hydrogen-bond donors (Lipinski definition) is 0. The van der Waals surface area contributed by atoms with Gasteiger partial charge >= 0.3 is 58.2 Å². The van der Waals surface area contributed by atoms with Crippen LogP contribution in [-0.4, -0.2) is 0 Å². The summed E-state index contributed by atoms with van der Waals surface area (Å²) >= 11 is 0. The van der Waals surface area contributed by atoms with E-state index in [0.717, 1.165) is 5.39 Å². The van der Waals surface area contributed by atoms with E-state index in [9.17, 15) is 4.79 Å². The van der Waals surface area contributed by atoms with Crippen molar-refractivity contribution in [1.29, 1.82) is 0 Å². The molecule has 0 radical (unpaired) electrons. The predicted octanol–water partition coefficient (Wildman–Crippen LogP) is -0.813. The van der Waals surface area contributed by atoms with Crippen molar-refractivity contribution in [2.45, 2.75) is 13.8 Å². The zero-order valence-electron chi connectivity index (χ0n) is 8.82. The van der Waals surface area contributed by atoms with Crippen molar-refractivity contribution >= 4 is 10.8 Å². The molecule has 3 heteroatoms. The van der Waals surface area contributed by atoms with E-state index in [0.29, 0.717) is 5.39 Å². The Balaban J connectivity index is 0.000000531. The molecule has 0 saturated carbocycles. The fourth-order valence-electron chi connectivity index (χ4n) is 1.09. The molecule has 68 valence electrons. The third kappa shape index (κ3) is 3.42. The second kappa shape index (κ2) is 7.52. The first-order valence-corrected chi connectivity index (χ1v) is 4.39. The maximum absolute atomic E-state index is 11.1. The molecule has 2 nitrogen and oxygen atoms in total. The quantitative estimate of drug-likeness (QED) is 0.620. The summed E-state index contributed by atoms with van der Waals surface area (Å²) in [4.78, 5) is 14.7. The molecule has 1 aromatic carbocycles. The molecule has 0 aliphatic rings. The Morgan fingerprint density at radius 2 is 1.71 bits per heavy atom. The van der Waals surface area contributed by atoms with Gasteiger partial charge in [-0.05, 0) is 5.39 Å². The zero-order valence-corrected chi connectivity index (χ0v) is 13.7. The van der Waals surface area contributed by atoms with Crippen LogP contribution in [0.15, 0.2) is 41.3 Å². The summed E-state index contributed by atoms with van der Waals surface area (Å²) in [6, 6.07) is 9.26. The minimum absolute atomic E-state index is 0. The van der Waals surface area contributed by atoms with Gasteiger partial charge in [0.2, 0.25) is 0 Å². The van der Waals surface area contributed by atoms with Gasteiger partial charge in [-0.1, -0.05) is 44.2 Å². The number of fused-ring (bicyclic) bond motifs is 1. The summed E-state index contributed by atoms with van der Waals surface area (Å²) in [6.07, 6.45) is 1.53. The minimum atomic E-state index is -0.150. The van der Waals surface area contributed by atoms with Gasteiger partial charge in [0.25, 0.3) is 0 Å². The van der Waals surface area contributed by atoms with Crippen LogP contribution in [0.4, 0.5) is 0 Å². The van der Waals surface area contributed by atoms with Gasteiger partial charge in [-0.2, -0.15) is 6.20 Å². The van der Waals surface area contributed by atoms with E-state index < -0.39 is 0 Å². The van der Waals surface area contributed by atoms with Gasteiger partial charge in [0.15, 0.2) is 0 Å². The summed E-state index contributed by atoms with van der Waals surface area (Å²) in [5.41, 5.74) is -0.150. The normalized spacial score (nSPS) is 8.43. The van der Waals surface area contributed by atoms with Crippen LogP contribution in [0.2, 0.25) is 0 Å². The molecule has 0 N–H and O–H groups in total. The molecule has 0 aliphatic carbocycles. The van der Waals surface area contributed by atoms with Gasteiger partial charge in [0, 0.05) is 5.39 Å². The van der Waals surface area contributed by atoms with E-state index in [-0.39, 0.29) is 63.7 Å². The van der Waals surface area contributed by atoms with Gasteiger partial charge in [-0.25, -0.2) is 0 Å². The molecule has 0 fully saturated rings. The van der Waals surface area contributed by atoms with Gasteiger partial charge in [-0.3, -0.25) is 0 Å². The SMILES string of the molecule is CC.O=c1[n-]ccc2ccccc12.[Rb+]. The number of pyridine rings is 1. The minimum Gasteiger partial charge on any atom is -0.629 e. The van der Waals surface area contributed by atoms with Crippen LogP contribution >= 0.6 is 0 Å². The van der Waals surface area contributed by atoms with Crippen LogP contribution in [0.3, 0.4) is 0 Å². The average molecular weight is 260 g/mol. The number of nitrogens with zero attached hydrogens (tertiary/aromatic N) is 1. The maximum Gasteiger partial charge on any atom is 1.00 e. The van der Waals surface area contributed by atoms with Crippen molar-refractivity contribution in [3.63, 3.8) is 0 Å². The summed E-state index contributed by atoms with van der Waals surface area (Å²) in [6.45, 7) is 4.00. The summed E-state index contributed by atoms with van der Waals surface area (Å²) < 4.78 is 0. The molecular formula is C11H12NORb. The summed E-state index contributed by atoms with van der Waals surface area (Å²) in [5, 5.41) is 1.64. The number of rotatable bonds is 0. The second-order valence-corrected chi connectivity index (χ2v) is 2.34. The van der Waals surface area contributed by atoms with Crippen LogP contribution < -0.4 is 68.7 Å². The molecule has 0 unspecified atom stereocenters. The van der Waals surface area contributed by atoms with Gasteiger partial charge < -0.3 is 9.78 Å². The number of aromatic nitrogens is 1. The van der Waals surface area contributed by atoms with E-state index >= 15 is 0 Å². The van der Waals surface area contributed by atoms with Crippen LogP contribution in [0.25, 0.3) is 10.8 Å². The molecule has 2 aromatic rings. The summed E-state index contributed by atoms with van der Waals surface area (Å²) in [5.74, 6) is 0. The van der Waals surface area contributed by atoms with Crippen molar-refractivity contribution < 1.29 is 58.2 Å². The standard InChI is InChI=1S/C9H7NO.C2H6.Rb/c11-9-8-4-2-1-3-7(8)5-6-10-9;1-2;/h1-6H,(H,10,11);1-2H3;/q;;+1/p-1. The first kappa shape index (κ1) is 14.2. The molecule has 1 aromatic heterocycles. The molecule has 1 heterocycles. The third-order valence-corrected chi connectivity index (χ3v) is 1.64. The molecular weight excluding hydrogens is 248 g/mol. The second-order valence-electron chi connectivity index (χ2n) is 2.34. The Morgan fingerprint density at radius 3 is 2.36 bits per heavy atom. The van der Waals surface area contributed by atoms with E-state index in [4.69, 9.17) is 0 Å². The number of benzene rings is 1. The third-order valence-electron chi connectivity index (χ3n) is 1.64. The Morgan fingerprint density at radius 1 is 1.07 bits per heavy atom. The molecule has 14 heavy (non-hydrogen) atoms. The Labute approximate surface area is 133 Å². The first-order valence-electron chi connectivity index (χ1n) is 4.39. The van der Waals surface area contributed by atoms with Crippen LogP contribution in [-0.2, 0) is 0 Å². The van der Waals surface area contributed by atoms with Crippen molar-refractivity contribution in [3.05, 3.63) is 46.9 Å². The van der Waals surface area contributed by atoms with Gasteiger partial charge in [-0.15, -0.1) is 0 Å². The predicted molar refractivity (Wildman–Crippen MR) is 54.9 cm³/mol. The van der Waals surface area contributed by atoms with E-state index in [1.807, 2.05) is 38.1 Å².